The van der Waals surface area contributed by atoms with E-state index in [1.54, 1.807) is 0 Å². The Kier molecular flexibility index (Phi) is 4.63. The van der Waals surface area contributed by atoms with Gasteiger partial charge in [-0.25, -0.2) is 0 Å². The molecule has 1 spiro atoms. The fourth-order valence-electron chi connectivity index (χ4n) is 8.74. The Balaban J connectivity index is 1.53. The number of carbonyl (C=O) groups is 3. The van der Waals surface area contributed by atoms with Gasteiger partial charge in [-0.15, -0.1) is 0 Å². The monoisotopic (exact) mass is 468 g/mol. The Labute approximate surface area is 199 Å². The number of hydrogen-bond donors (Lipinski definition) is 0. The molecule has 5 heterocycles. The minimum absolute atomic E-state index is 0.0709. The van der Waals surface area contributed by atoms with Gasteiger partial charge in [0.15, 0.2) is 6.23 Å². The van der Waals surface area contributed by atoms with Crippen molar-refractivity contribution in [2.75, 3.05) is 11.9 Å². The molecular formula is C26H32N2O6. The lowest BCUT2D eigenvalue weighted by Crippen LogP contribution is -2.73. The molecule has 5 fully saturated rings. The number of benzene rings is 1. The van der Waals surface area contributed by atoms with Crippen LogP contribution in [-0.2, 0) is 29.3 Å². The number of nitrogens with zero attached hydrogens (tertiary/aromatic N) is 2. The largest absolute Gasteiger partial charge is 0.461 e. The van der Waals surface area contributed by atoms with Gasteiger partial charge in [0, 0.05) is 57.4 Å². The molecule has 34 heavy (non-hydrogen) atoms. The van der Waals surface area contributed by atoms with Crippen molar-refractivity contribution in [3.05, 3.63) is 23.8 Å². The lowest BCUT2D eigenvalue weighted by atomic mass is 9.62. The molecule has 0 aromatic heterocycles. The fraction of sp³-hybridized carbons (Fsp3) is 0.654. The molecule has 7 rings (SSSR count). The molecule has 1 aromatic rings. The number of ether oxygens (including phenoxy) is 3. The van der Waals surface area contributed by atoms with Crippen molar-refractivity contribution in [2.24, 2.45) is 17.8 Å². The summed E-state index contributed by atoms with van der Waals surface area (Å²) in [6.07, 6.45) is 2.21. The van der Waals surface area contributed by atoms with Crippen LogP contribution in [0.1, 0.15) is 52.5 Å². The van der Waals surface area contributed by atoms with Crippen molar-refractivity contribution in [1.29, 1.82) is 0 Å². The third-order valence-corrected chi connectivity index (χ3v) is 9.30. The maximum absolute atomic E-state index is 12.4. The van der Waals surface area contributed by atoms with E-state index in [0.29, 0.717) is 11.7 Å². The van der Waals surface area contributed by atoms with Crippen LogP contribution in [0.2, 0.25) is 0 Å². The lowest BCUT2D eigenvalue weighted by molar-refractivity contribution is -0.228. The first kappa shape index (κ1) is 21.9. The summed E-state index contributed by atoms with van der Waals surface area (Å²) in [7, 11) is 2.10. The zero-order chi connectivity index (χ0) is 24.1. The van der Waals surface area contributed by atoms with Crippen LogP contribution in [0.5, 0.6) is 5.75 Å². The predicted molar refractivity (Wildman–Crippen MR) is 122 cm³/mol. The second-order valence-electron chi connectivity index (χ2n) is 10.7. The third-order valence-electron chi connectivity index (χ3n) is 9.30. The average Bonchev–Trinajstić information content (AvgIpc) is 3.14. The number of likely N-dealkylation sites (N-methyl/N-ethyl adjacent to an activating group) is 1. The van der Waals surface area contributed by atoms with E-state index in [0.717, 1.165) is 30.5 Å². The Hall–Kier alpha value is -2.61. The predicted octanol–water partition coefficient (Wildman–Crippen LogP) is 2.62. The second kappa shape index (κ2) is 7.20. The molecule has 10 atom stereocenters. The molecule has 182 valence electrons. The Morgan fingerprint density at radius 3 is 2.44 bits per heavy atom. The summed E-state index contributed by atoms with van der Waals surface area (Å²) < 4.78 is 17.7. The highest BCUT2D eigenvalue weighted by Gasteiger charge is 2.78. The number of fused-ring (bicyclic) bond motifs is 2. The maximum atomic E-state index is 12.4. The first-order valence-electron chi connectivity index (χ1n) is 12.4. The number of anilines is 1. The molecule has 0 N–H and O–H groups in total. The van der Waals surface area contributed by atoms with Crippen molar-refractivity contribution in [3.63, 3.8) is 0 Å². The number of esters is 3. The van der Waals surface area contributed by atoms with Crippen LogP contribution in [0.15, 0.2) is 18.2 Å². The van der Waals surface area contributed by atoms with Crippen molar-refractivity contribution in [2.45, 2.75) is 82.8 Å². The van der Waals surface area contributed by atoms with Crippen molar-refractivity contribution in [3.8, 4) is 5.75 Å². The number of carbonyl (C=O) groups excluding carboxylic acids is 3. The van der Waals surface area contributed by atoms with Gasteiger partial charge >= 0.3 is 17.9 Å². The van der Waals surface area contributed by atoms with Crippen molar-refractivity contribution < 1.29 is 28.6 Å². The van der Waals surface area contributed by atoms with Gasteiger partial charge in [0.1, 0.15) is 11.9 Å². The van der Waals surface area contributed by atoms with Crippen LogP contribution in [0.4, 0.5) is 5.69 Å². The highest BCUT2D eigenvalue weighted by molar-refractivity contribution is 5.74. The Morgan fingerprint density at radius 2 is 1.79 bits per heavy atom. The lowest BCUT2D eigenvalue weighted by Gasteiger charge is -2.62. The minimum Gasteiger partial charge on any atom is -0.461 e. The summed E-state index contributed by atoms with van der Waals surface area (Å²) in [5.41, 5.74) is 1.79. The molecular weight excluding hydrogens is 436 g/mol. The first-order chi connectivity index (χ1) is 16.2. The van der Waals surface area contributed by atoms with E-state index in [1.807, 2.05) is 18.2 Å². The molecule has 8 nitrogen and oxygen atoms in total. The molecule has 5 bridgehead atoms. The van der Waals surface area contributed by atoms with Crippen LogP contribution >= 0.6 is 0 Å². The van der Waals surface area contributed by atoms with Gasteiger partial charge in [-0.05, 0) is 48.9 Å². The van der Waals surface area contributed by atoms with E-state index in [2.05, 4.69) is 23.8 Å². The molecule has 1 saturated carbocycles. The standard InChI is InChI=1S/C26H32N2O6/c1-6-16-17-10-20-23-26(18-9-15(32-12(2)29)7-8-19(18)27(23)5)11-21(22(17)24(26)33-13(3)30)28(20)25(16)34-14(4)31/h7-9,16-17,20-25H,6,10-11H2,1-5H3/t16?,17?,20?,21?,22-,23?,24-,25-,26-/m1/s1. The number of hydrogen-bond acceptors (Lipinski definition) is 8. The zero-order valence-corrected chi connectivity index (χ0v) is 20.3. The molecule has 1 aromatic carbocycles. The summed E-state index contributed by atoms with van der Waals surface area (Å²) in [6, 6.07) is 6.25. The summed E-state index contributed by atoms with van der Waals surface area (Å²) >= 11 is 0. The molecule has 0 amide bonds. The first-order valence-corrected chi connectivity index (χ1v) is 12.4. The van der Waals surface area contributed by atoms with Gasteiger partial charge in [-0.2, -0.15) is 0 Å². The summed E-state index contributed by atoms with van der Waals surface area (Å²) in [5, 5.41) is 0. The van der Waals surface area contributed by atoms with Crippen LogP contribution in [0.25, 0.3) is 0 Å². The molecule has 6 unspecified atom stereocenters. The molecule has 4 saturated heterocycles. The SMILES string of the molecule is CCC1C2CC3C4N(C)c5ccc(OC(C)=O)cc5[C@]45CC([C@@H]2[C@H]5OC(C)=O)N3[C@@H]1OC(C)=O. The van der Waals surface area contributed by atoms with E-state index in [9.17, 15) is 14.4 Å². The summed E-state index contributed by atoms with van der Waals surface area (Å²) in [5.74, 6) is 0.356. The van der Waals surface area contributed by atoms with E-state index >= 15 is 0 Å². The van der Waals surface area contributed by atoms with Gasteiger partial charge in [-0.1, -0.05) is 6.92 Å². The van der Waals surface area contributed by atoms with Crippen LogP contribution in [-0.4, -0.2) is 60.3 Å². The van der Waals surface area contributed by atoms with Crippen LogP contribution in [0, 0.1) is 17.8 Å². The smallest absolute Gasteiger partial charge is 0.308 e. The van der Waals surface area contributed by atoms with Gasteiger partial charge in [0.25, 0.3) is 0 Å². The highest BCUT2D eigenvalue weighted by Crippen LogP contribution is 2.70. The maximum Gasteiger partial charge on any atom is 0.308 e. The van der Waals surface area contributed by atoms with Gasteiger partial charge < -0.3 is 19.1 Å². The second-order valence-corrected chi connectivity index (χ2v) is 10.7. The number of rotatable bonds is 4. The van der Waals surface area contributed by atoms with E-state index < -0.39 is 0 Å². The van der Waals surface area contributed by atoms with E-state index in [1.165, 1.54) is 20.8 Å². The Bertz CT molecular complexity index is 1090. The normalized spacial score (nSPS) is 42.3. The van der Waals surface area contributed by atoms with E-state index in [4.69, 9.17) is 14.2 Å². The van der Waals surface area contributed by atoms with Crippen LogP contribution in [0.3, 0.4) is 0 Å². The topological polar surface area (TPSA) is 85.4 Å². The molecule has 0 radical (unpaired) electrons. The molecule has 1 aliphatic carbocycles. The quantitative estimate of drug-likeness (QED) is 0.493. The highest BCUT2D eigenvalue weighted by atomic mass is 16.6. The zero-order valence-electron chi connectivity index (χ0n) is 20.3. The summed E-state index contributed by atoms with van der Waals surface area (Å²) in [6.45, 7) is 6.54. The third kappa shape index (κ3) is 2.60. The van der Waals surface area contributed by atoms with Crippen molar-refractivity contribution in [1.82, 2.24) is 4.90 Å². The Morgan fingerprint density at radius 1 is 1.06 bits per heavy atom. The van der Waals surface area contributed by atoms with Gasteiger partial charge in [-0.3, -0.25) is 19.3 Å². The molecule has 5 aliphatic heterocycles. The summed E-state index contributed by atoms with van der Waals surface area (Å²) in [4.78, 5) is 41.0. The number of piperidine rings is 4. The van der Waals surface area contributed by atoms with E-state index in [-0.39, 0.29) is 65.6 Å². The average molecular weight is 469 g/mol. The van der Waals surface area contributed by atoms with Crippen LogP contribution < -0.4 is 9.64 Å². The fourth-order valence-corrected chi connectivity index (χ4v) is 8.74. The molecule has 8 heteroatoms. The van der Waals surface area contributed by atoms with Crippen molar-refractivity contribution >= 4 is 23.6 Å². The van der Waals surface area contributed by atoms with Gasteiger partial charge in [0.2, 0.25) is 0 Å². The molecule has 6 aliphatic rings. The minimum atomic E-state index is -0.388. The van der Waals surface area contributed by atoms with Gasteiger partial charge in [0.05, 0.1) is 11.5 Å².